The maximum atomic E-state index is 3.79. The molecule has 0 aromatic heterocycles. The van der Waals surface area contributed by atoms with Crippen LogP contribution in [0.25, 0.3) is 0 Å². The van der Waals surface area contributed by atoms with E-state index >= 15 is 0 Å². The Labute approximate surface area is 111 Å². The second kappa shape index (κ2) is 5.88. The van der Waals surface area contributed by atoms with Crippen LogP contribution in [0, 0.1) is 5.92 Å². The molecule has 0 radical (unpaired) electrons. The summed E-state index contributed by atoms with van der Waals surface area (Å²) in [5, 5.41) is 3.79. The molecule has 1 aromatic rings. The van der Waals surface area contributed by atoms with Gasteiger partial charge in [0.1, 0.15) is 0 Å². The van der Waals surface area contributed by atoms with Crippen LogP contribution in [-0.4, -0.2) is 12.6 Å². The van der Waals surface area contributed by atoms with Crippen molar-refractivity contribution < 1.29 is 0 Å². The first-order chi connectivity index (χ1) is 8.92. The van der Waals surface area contributed by atoms with Crippen LogP contribution in [0.3, 0.4) is 0 Å². The number of hydrogen-bond acceptors (Lipinski definition) is 1. The van der Waals surface area contributed by atoms with Crippen molar-refractivity contribution >= 4 is 0 Å². The molecule has 18 heavy (non-hydrogen) atoms. The van der Waals surface area contributed by atoms with E-state index in [-0.39, 0.29) is 0 Å². The molecule has 0 amide bonds. The summed E-state index contributed by atoms with van der Waals surface area (Å²) in [6.45, 7) is 1.23. The van der Waals surface area contributed by atoms with E-state index in [1.165, 1.54) is 57.9 Å². The molecule has 0 saturated heterocycles. The van der Waals surface area contributed by atoms with Crippen molar-refractivity contribution in [3.63, 3.8) is 0 Å². The zero-order valence-electron chi connectivity index (χ0n) is 11.3. The molecule has 1 nitrogen and oxygen atoms in total. The van der Waals surface area contributed by atoms with Gasteiger partial charge in [0.25, 0.3) is 0 Å². The fraction of sp³-hybridized carbons (Fsp3) is 0.647. The number of fused-ring (bicyclic) bond motifs is 1. The summed E-state index contributed by atoms with van der Waals surface area (Å²) in [5.41, 5.74) is 3.15. The zero-order valence-corrected chi connectivity index (χ0v) is 11.3. The van der Waals surface area contributed by atoms with E-state index in [0.29, 0.717) is 0 Å². The summed E-state index contributed by atoms with van der Waals surface area (Å²) in [6, 6.07) is 9.68. The van der Waals surface area contributed by atoms with Gasteiger partial charge in [-0.05, 0) is 49.3 Å². The Morgan fingerprint density at radius 2 is 1.78 bits per heavy atom. The third-order valence-electron chi connectivity index (χ3n) is 4.81. The summed E-state index contributed by atoms with van der Waals surface area (Å²) in [4.78, 5) is 0. The molecule has 1 atom stereocenters. The Balaban J connectivity index is 1.44. The predicted octanol–water partition coefficient (Wildman–Crippen LogP) is 3.71. The molecule has 0 bridgehead atoms. The number of aryl methyl sites for hydroxylation is 1. The van der Waals surface area contributed by atoms with Crippen molar-refractivity contribution in [3.05, 3.63) is 35.4 Å². The second-order valence-corrected chi connectivity index (χ2v) is 6.10. The van der Waals surface area contributed by atoms with Crippen LogP contribution in [0.5, 0.6) is 0 Å². The minimum atomic E-state index is 0.723. The van der Waals surface area contributed by atoms with Crippen LogP contribution >= 0.6 is 0 Å². The maximum absolute atomic E-state index is 3.79. The summed E-state index contributed by atoms with van der Waals surface area (Å²) in [5.74, 6) is 1.02. The molecule has 1 saturated carbocycles. The molecule has 2 aliphatic rings. The third kappa shape index (κ3) is 2.95. The van der Waals surface area contributed by atoms with E-state index in [1.807, 2.05) is 0 Å². The van der Waals surface area contributed by atoms with E-state index in [1.54, 1.807) is 11.1 Å². The SMILES string of the molecule is c1ccc2c(c1)CCC(NCCC1CCCC1)C2. The largest absolute Gasteiger partial charge is 0.314 e. The first kappa shape index (κ1) is 12.2. The van der Waals surface area contributed by atoms with Gasteiger partial charge in [-0.1, -0.05) is 49.9 Å². The Bertz CT molecular complexity index is 379. The summed E-state index contributed by atoms with van der Waals surface area (Å²) in [7, 11) is 0. The number of nitrogens with one attached hydrogen (secondary N) is 1. The summed E-state index contributed by atoms with van der Waals surface area (Å²) >= 11 is 0. The molecular formula is C17H25N. The molecule has 1 fully saturated rings. The van der Waals surface area contributed by atoms with Crippen LogP contribution in [0.2, 0.25) is 0 Å². The van der Waals surface area contributed by atoms with Gasteiger partial charge in [-0.15, -0.1) is 0 Å². The molecule has 3 rings (SSSR count). The van der Waals surface area contributed by atoms with Crippen molar-refractivity contribution in [3.8, 4) is 0 Å². The van der Waals surface area contributed by atoms with Crippen LogP contribution in [0.4, 0.5) is 0 Å². The van der Waals surface area contributed by atoms with Crippen LogP contribution in [0.15, 0.2) is 24.3 Å². The van der Waals surface area contributed by atoms with Gasteiger partial charge in [0.2, 0.25) is 0 Å². The van der Waals surface area contributed by atoms with Crippen LogP contribution < -0.4 is 5.32 Å². The van der Waals surface area contributed by atoms with Crippen LogP contribution in [0.1, 0.15) is 49.7 Å². The number of rotatable bonds is 4. The first-order valence-corrected chi connectivity index (χ1v) is 7.72. The normalized spacial score (nSPS) is 24.1. The molecule has 98 valence electrons. The smallest absolute Gasteiger partial charge is 0.0111 e. The summed E-state index contributed by atoms with van der Waals surface area (Å²) in [6.07, 6.45) is 11.1. The minimum absolute atomic E-state index is 0.723. The van der Waals surface area contributed by atoms with E-state index < -0.39 is 0 Å². The van der Waals surface area contributed by atoms with Gasteiger partial charge in [-0.25, -0.2) is 0 Å². The molecule has 1 aromatic carbocycles. The van der Waals surface area contributed by atoms with Crippen molar-refractivity contribution in [2.45, 2.75) is 57.4 Å². The van der Waals surface area contributed by atoms with Gasteiger partial charge in [0.15, 0.2) is 0 Å². The zero-order chi connectivity index (χ0) is 12.2. The van der Waals surface area contributed by atoms with Crippen LogP contribution in [-0.2, 0) is 12.8 Å². The van der Waals surface area contributed by atoms with Crippen molar-refractivity contribution in [2.24, 2.45) is 5.92 Å². The highest BCUT2D eigenvalue weighted by atomic mass is 14.9. The fourth-order valence-electron chi connectivity index (χ4n) is 3.66. The molecule has 1 N–H and O–H groups in total. The van der Waals surface area contributed by atoms with Gasteiger partial charge < -0.3 is 5.32 Å². The van der Waals surface area contributed by atoms with E-state index in [0.717, 1.165) is 12.0 Å². The number of hydrogen-bond donors (Lipinski definition) is 1. The van der Waals surface area contributed by atoms with Crippen molar-refractivity contribution in [2.75, 3.05) is 6.54 Å². The third-order valence-corrected chi connectivity index (χ3v) is 4.81. The fourth-order valence-corrected chi connectivity index (χ4v) is 3.66. The lowest BCUT2D eigenvalue weighted by Gasteiger charge is -2.26. The average Bonchev–Trinajstić information content (AvgIpc) is 2.92. The van der Waals surface area contributed by atoms with E-state index in [9.17, 15) is 0 Å². The lowest BCUT2D eigenvalue weighted by molar-refractivity contribution is 0.413. The lowest BCUT2D eigenvalue weighted by Crippen LogP contribution is -2.35. The highest BCUT2D eigenvalue weighted by molar-refractivity contribution is 5.30. The van der Waals surface area contributed by atoms with Gasteiger partial charge in [-0.3, -0.25) is 0 Å². The van der Waals surface area contributed by atoms with E-state index in [2.05, 4.69) is 29.6 Å². The molecule has 2 aliphatic carbocycles. The molecule has 1 unspecified atom stereocenters. The molecule has 1 heteroatoms. The quantitative estimate of drug-likeness (QED) is 0.850. The maximum Gasteiger partial charge on any atom is 0.0111 e. The van der Waals surface area contributed by atoms with Gasteiger partial charge in [0.05, 0.1) is 0 Å². The highest BCUT2D eigenvalue weighted by Gasteiger charge is 2.19. The Morgan fingerprint density at radius 1 is 1.00 bits per heavy atom. The molecular weight excluding hydrogens is 218 g/mol. The Hall–Kier alpha value is -0.820. The monoisotopic (exact) mass is 243 g/mol. The van der Waals surface area contributed by atoms with Gasteiger partial charge >= 0.3 is 0 Å². The highest BCUT2D eigenvalue weighted by Crippen LogP contribution is 2.27. The predicted molar refractivity (Wildman–Crippen MR) is 76.8 cm³/mol. The van der Waals surface area contributed by atoms with Gasteiger partial charge in [-0.2, -0.15) is 0 Å². The Kier molecular flexibility index (Phi) is 3.99. The lowest BCUT2D eigenvalue weighted by atomic mass is 9.88. The first-order valence-electron chi connectivity index (χ1n) is 7.72. The molecule has 0 spiro atoms. The topological polar surface area (TPSA) is 12.0 Å². The Morgan fingerprint density at radius 3 is 2.61 bits per heavy atom. The summed E-state index contributed by atoms with van der Waals surface area (Å²) < 4.78 is 0. The molecule has 0 heterocycles. The minimum Gasteiger partial charge on any atom is -0.314 e. The molecule has 0 aliphatic heterocycles. The van der Waals surface area contributed by atoms with Gasteiger partial charge in [0, 0.05) is 6.04 Å². The average molecular weight is 243 g/mol. The van der Waals surface area contributed by atoms with E-state index in [4.69, 9.17) is 0 Å². The standard InChI is InChI=1S/C17H25N/c1-2-6-14(5-1)11-12-18-17-10-9-15-7-3-4-8-16(15)13-17/h3-4,7-8,14,17-18H,1-2,5-6,9-13H2. The van der Waals surface area contributed by atoms with Crippen molar-refractivity contribution in [1.29, 1.82) is 0 Å². The number of benzene rings is 1. The second-order valence-electron chi connectivity index (χ2n) is 6.10. The van der Waals surface area contributed by atoms with Crippen molar-refractivity contribution in [1.82, 2.24) is 5.32 Å².